The fourth-order valence-corrected chi connectivity index (χ4v) is 6.99. The molecule has 2 heterocycles. The number of carbonyl (C=O) groups is 3. The number of ketones is 3. The molecule has 0 saturated carbocycles. The molecule has 39 heavy (non-hydrogen) atoms. The lowest BCUT2D eigenvalue weighted by Crippen LogP contribution is -2.48. The molecule has 3 atom stereocenters. The van der Waals surface area contributed by atoms with Crippen molar-refractivity contribution < 1.29 is 28.6 Å². The lowest BCUT2D eigenvalue weighted by molar-refractivity contribution is -0.118. The Balaban J connectivity index is 1.71. The average molecular weight is 544 g/mol. The van der Waals surface area contributed by atoms with E-state index in [-0.39, 0.29) is 17.3 Å². The highest BCUT2D eigenvalue weighted by Gasteiger charge is 2.71. The average Bonchev–Trinajstić information content (AvgIpc) is 3.38. The molecular formula is C31H26ClNO6. The first-order chi connectivity index (χ1) is 18.8. The molecule has 6 rings (SSSR count). The molecular weight excluding hydrogens is 518 g/mol. The second kappa shape index (κ2) is 8.99. The van der Waals surface area contributed by atoms with E-state index in [9.17, 15) is 14.4 Å². The predicted octanol–water partition coefficient (Wildman–Crippen LogP) is 5.39. The number of ether oxygens (including phenoxy) is 3. The highest BCUT2D eigenvalue weighted by molar-refractivity contribution is 6.32. The largest absolute Gasteiger partial charge is 0.493 e. The Kier molecular flexibility index (Phi) is 5.81. The minimum Gasteiger partial charge on any atom is -0.493 e. The summed E-state index contributed by atoms with van der Waals surface area (Å²) in [4.78, 5) is 44.7. The van der Waals surface area contributed by atoms with Crippen LogP contribution in [0, 0.1) is 5.41 Å². The zero-order valence-electron chi connectivity index (χ0n) is 21.9. The van der Waals surface area contributed by atoms with Gasteiger partial charge >= 0.3 is 0 Å². The first-order valence-electron chi connectivity index (χ1n) is 12.5. The SMILES string of the molecule is COc1ccc([C@H]2[C@H](C(C)=O)N3c4ccc(Cl)cc4C=CC3C23C(=O)c2ccccc2C3=O)c(OC)c1OC. The van der Waals surface area contributed by atoms with E-state index in [4.69, 9.17) is 25.8 Å². The Morgan fingerprint density at radius 1 is 0.897 bits per heavy atom. The Bertz CT molecular complexity index is 1560. The number of halogens is 1. The van der Waals surface area contributed by atoms with Crippen LogP contribution in [0.25, 0.3) is 6.08 Å². The lowest BCUT2D eigenvalue weighted by atomic mass is 9.64. The van der Waals surface area contributed by atoms with Crippen LogP contribution >= 0.6 is 11.6 Å². The van der Waals surface area contributed by atoms with Crippen molar-refractivity contribution in [2.24, 2.45) is 5.41 Å². The minimum absolute atomic E-state index is 0.188. The third-order valence-electron chi connectivity index (χ3n) is 8.25. The molecule has 3 aromatic rings. The maximum absolute atomic E-state index is 14.6. The maximum atomic E-state index is 14.6. The van der Waals surface area contributed by atoms with E-state index in [1.807, 2.05) is 29.2 Å². The van der Waals surface area contributed by atoms with E-state index in [2.05, 4.69) is 0 Å². The van der Waals surface area contributed by atoms with Gasteiger partial charge in [-0.25, -0.2) is 0 Å². The zero-order chi connectivity index (χ0) is 27.6. The first-order valence-corrected chi connectivity index (χ1v) is 12.9. The van der Waals surface area contributed by atoms with E-state index in [0.29, 0.717) is 39.0 Å². The molecule has 1 aliphatic carbocycles. The van der Waals surface area contributed by atoms with Crippen LogP contribution in [0.1, 0.15) is 44.7 Å². The predicted molar refractivity (Wildman–Crippen MR) is 148 cm³/mol. The summed E-state index contributed by atoms with van der Waals surface area (Å²) in [5, 5.41) is 0.545. The standard InChI is InChI=1S/C31H26ClNO6/c1-16(34)26-25(21-11-13-23(37-2)28(39-4)27(21)38-3)31(29(35)19-7-5-6-8-20(19)30(31)36)24-14-9-17-15-18(32)10-12-22(17)33(24)26/h5-15,24-26H,1-4H3/t24?,25-,26-/m0/s1. The normalized spacial score (nSPS) is 22.0. The van der Waals surface area contributed by atoms with Gasteiger partial charge in [-0.15, -0.1) is 0 Å². The summed E-state index contributed by atoms with van der Waals surface area (Å²) in [6.07, 6.45) is 3.72. The van der Waals surface area contributed by atoms with Gasteiger partial charge in [0.25, 0.3) is 0 Å². The Morgan fingerprint density at radius 2 is 1.56 bits per heavy atom. The van der Waals surface area contributed by atoms with Crippen LogP contribution in [0.5, 0.6) is 17.2 Å². The van der Waals surface area contributed by atoms with E-state index in [1.54, 1.807) is 42.5 Å². The molecule has 0 N–H and O–H groups in total. The van der Waals surface area contributed by atoms with Gasteiger partial charge in [-0.3, -0.25) is 14.4 Å². The van der Waals surface area contributed by atoms with Gasteiger partial charge in [0, 0.05) is 33.3 Å². The van der Waals surface area contributed by atoms with Crippen molar-refractivity contribution in [2.45, 2.75) is 24.9 Å². The molecule has 1 fully saturated rings. The van der Waals surface area contributed by atoms with Gasteiger partial charge in [-0.2, -0.15) is 0 Å². The van der Waals surface area contributed by atoms with Gasteiger partial charge in [0.2, 0.25) is 5.75 Å². The van der Waals surface area contributed by atoms with Gasteiger partial charge in [0.05, 0.1) is 33.4 Å². The van der Waals surface area contributed by atoms with Crippen molar-refractivity contribution >= 4 is 40.7 Å². The van der Waals surface area contributed by atoms with Crippen LogP contribution in [-0.2, 0) is 4.79 Å². The number of anilines is 1. The molecule has 1 spiro atoms. The quantitative estimate of drug-likeness (QED) is 0.399. The van der Waals surface area contributed by atoms with Crippen LogP contribution in [0.15, 0.2) is 60.7 Å². The topological polar surface area (TPSA) is 82.1 Å². The summed E-state index contributed by atoms with van der Waals surface area (Å²) in [6.45, 7) is 1.49. The molecule has 198 valence electrons. The third-order valence-corrected chi connectivity index (χ3v) is 8.49. The number of hydrogen-bond acceptors (Lipinski definition) is 7. The summed E-state index contributed by atoms with van der Waals surface area (Å²) in [7, 11) is 4.49. The van der Waals surface area contributed by atoms with Gasteiger partial charge < -0.3 is 19.1 Å². The molecule has 8 heteroatoms. The van der Waals surface area contributed by atoms with E-state index < -0.39 is 23.4 Å². The first kappa shape index (κ1) is 25.2. The Labute approximate surface area is 230 Å². The highest BCUT2D eigenvalue weighted by atomic mass is 35.5. The summed E-state index contributed by atoms with van der Waals surface area (Å²) < 4.78 is 17.0. The van der Waals surface area contributed by atoms with E-state index in [0.717, 1.165) is 11.3 Å². The number of rotatable bonds is 5. The van der Waals surface area contributed by atoms with Crippen LogP contribution in [-0.4, -0.2) is 50.8 Å². The van der Waals surface area contributed by atoms with Gasteiger partial charge in [-0.1, -0.05) is 54.1 Å². The summed E-state index contributed by atoms with van der Waals surface area (Å²) >= 11 is 6.30. The van der Waals surface area contributed by atoms with Crippen LogP contribution < -0.4 is 19.1 Å². The second-order valence-corrected chi connectivity index (χ2v) is 10.4. The van der Waals surface area contributed by atoms with Crippen molar-refractivity contribution in [3.8, 4) is 17.2 Å². The molecule has 0 bridgehead atoms. The van der Waals surface area contributed by atoms with Crippen LogP contribution in [0.4, 0.5) is 5.69 Å². The van der Waals surface area contributed by atoms with Crippen molar-refractivity contribution in [3.05, 3.63) is 87.9 Å². The fourth-order valence-electron chi connectivity index (χ4n) is 6.81. The molecule has 0 amide bonds. The number of carbonyl (C=O) groups excluding carboxylic acids is 3. The molecule has 1 unspecified atom stereocenters. The molecule has 7 nitrogen and oxygen atoms in total. The van der Waals surface area contributed by atoms with Crippen LogP contribution in [0.3, 0.4) is 0 Å². The molecule has 0 aromatic heterocycles. The van der Waals surface area contributed by atoms with Gasteiger partial charge in [0.1, 0.15) is 5.41 Å². The molecule has 1 saturated heterocycles. The second-order valence-electron chi connectivity index (χ2n) is 9.94. The monoisotopic (exact) mass is 543 g/mol. The number of nitrogens with zero attached hydrogens (tertiary/aromatic N) is 1. The lowest BCUT2D eigenvalue weighted by Gasteiger charge is -2.37. The van der Waals surface area contributed by atoms with Crippen molar-refractivity contribution in [1.29, 1.82) is 0 Å². The molecule has 3 aliphatic rings. The van der Waals surface area contributed by atoms with Crippen molar-refractivity contribution in [3.63, 3.8) is 0 Å². The van der Waals surface area contributed by atoms with E-state index in [1.165, 1.54) is 28.3 Å². The number of benzene rings is 3. The zero-order valence-corrected chi connectivity index (χ0v) is 22.6. The minimum atomic E-state index is -1.62. The number of methoxy groups -OCH3 is 3. The van der Waals surface area contributed by atoms with Gasteiger partial charge in [-0.05, 0) is 36.8 Å². The molecule has 0 radical (unpaired) electrons. The highest BCUT2D eigenvalue weighted by Crippen LogP contribution is 2.62. The molecule has 2 aliphatic heterocycles. The molecule has 3 aromatic carbocycles. The smallest absolute Gasteiger partial charge is 0.203 e. The van der Waals surface area contributed by atoms with Crippen molar-refractivity contribution in [2.75, 3.05) is 26.2 Å². The summed E-state index contributed by atoms with van der Waals surface area (Å²) in [6, 6.07) is 14.1. The number of fused-ring (bicyclic) bond motifs is 5. The fraction of sp³-hybridized carbons (Fsp3) is 0.258. The number of hydrogen-bond donors (Lipinski definition) is 0. The summed E-state index contributed by atoms with van der Waals surface area (Å²) in [5.74, 6) is -0.659. The van der Waals surface area contributed by atoms with Crippen LogP contribution in [0.2, 0.25) is 5.02 Å². The van der Waals surface area contributed by atoms with Gasteiger partial charge in [0.15, 0.2) is 28.8 Å². The maximum Gasteiger partial charge on any atom is 0.203 e. The third kappa shape index (κ3) is 3.20. The van der Waals surface area contributed by atoms with Crippen molar-refractivity contribution in [1.82, 2.24) is 0 Å². The summed E-state index contributed by atoms with van der Waals surface area (Å²) in [5.41, 5.74) is 1.13. The van der Waals surface area contributed by atoms with E-state index >= 15 is 0 Å². The number of Topliss-reactive ketones (excluding diaryl/α,β-unsaturated/α-hetero) is 3. The Morgan fingerprint density at radius 3 is 2.15 bits per heavy atom. The Hall–Kier alpha value is -4.10.